The van der Waals surface area contributed by atoms with Gasteiger partial charge in [-0.3, -0.25) is 9.59 Å². The third kappa shape index (κ3) is 3.69. The Hall–Kier alpha value is -2.69. The van der Waals surface area contributed by atoms with Gasteiger partial charge in [-0.05, 0) is 44.0 Å². The molecule has 22 heavy (non-hydrogen) atoms. The highest BCUT2D eigenvalue weighted by Crippen LogP contribution is 2.22. The molecule has 0 aliphatic heterocycles. The molecule has 5 heteroatoms. The molecule has 2 N–H and O–H groups in total. The number of rotatable bonds is 3. The van der Waals surface area contributed by atoms with E-state index in [1.165, 1.54) is 13.1 Å². The highest BCUT2D eigenvalue weighted by atomic mass is 16.2. The summed E-state index contributed by atoms with van der Waals surface area (Å²) in [5.41, 5.74) is 4.44. The largest absolute Gasteiger partial charge is 0.322 e. The molecular formula is C17H19N3O2. The van der Waals surface area contributed by atoms with Crippen molar-refractivity contribution in [3.05, 3.63) is 52.7 Å². The molecule has 0 atom stereocenters. The average Bonchev–Trinajstić information content (AvgIpc) is 2.42. The van der Waals surface area contributed by atoms with Crippen LogP contribution in [0.5, 0.6) is 0 Å². The van der Waals surface area contributed by atoms with Gasteiger partial charge in [0.15, 0.2) is 0 Å². The van der Waals surface area contributed by atoms with Crippen LogP contribution in [0.15, 0.2) is 30.5 Å². The van der Waals surface area contributed by atoms with Crippen molar-refractivity contribution < 1.29 is 9.59 Å². The van der Waals surface area contributed by atoms with Gasteiger partial charge >= 0.3 is 0 Å². The average molecular weight is 297 g/mol. The Morgan fingerprint density at radius 2 is 1.64 bits per heavy atom. The van der Waals surface area contributed by atoms with E-state index in [-0.39, 0.29) is 11.8 Å². The van der Waals surface area contributed by atoms with E-state index in [0.717, 1.165) is 22.4 Å². The first-order valence-corrected chi connectivity index (χ1v) is 6.99. The van der Waals surface area contributed by atoms with E-state index in [0.29, 0.717) is 11.4 Å². The molecule has 0 saturated carbocycles. The smallest absolute Gasteiger partial charge is 0.255 e. The molecule has 1 aromatic heterocycles. The van der Waals surface area contributed by atoms with Gasteiger partial charge in [-0.25, -0.2) is 4.98 Å². The Bertz CT molecular complexity index is 715. The summed E-state index contributed by atoms with van der Waals surface area (Å²) < 4.78 is 0. The lowest BCUT2D eigenvalue weighted by Crippen LogP contribution is -2.15. The van der Waals surface area contributed by atoms with E-state index in [9.17, 15) is 9.59 Å². The molecule has 2 aromatic rings. The van der Waals surface area contributed by atoms with E-state index in [4.69, 9.17) is 0 Å². The molecule has 0 aliphatic rings. The maximum atomic E-state index is 12.4. The summed E-state index contributed by atoms with van der Waals surface area (Å²) in [4.78, 5) is 27.4. The summed E-state index contributed by atoms with van der Waals surface area (Å²) in [6.07, 6.45) is 1.50. The van der Waals surface area contributed by atoms with Crippen molar-refractivity contribution in [2.75, 3.05) is 10.6 Å². The van der Waals surface area contributed by atoms with Gasteiger partial charge in [0, 0.05) is 24.4 Å². The van der Waals surface area contributed by atoms with Gasteiger partial charge in [-0.2, -0.15) is 0 Å². The van der Waals surface area contributed by atoms with Crippen molar-refractivity contribution in [3.63, 3.8) is 0 Å². The van der Waals surface area contributed by atoms with Crippen LogP contribution >= 0.6 is 0 Å². The second-order valence-corrected chi connectivity index (χ2v) is 5.34. The van der Waals surface area contributed by atoms with Crippen molar-refractivity contribution in [1.82, 2.24) is 4.98 Å². The lowest BCUT2D eigenvalue weighted by Gasteiger charge is -2.13. The van der Waals surface area contributed by atoms with E-state index < -0.39 is 0 Å². The van der Waals surface area contributed by atoms with Crippen LogP contribution in [0.25, 0.3) is 0 Å². The standard InChI is InChI=1S/C17H19N3O2/c1-10-7-11(2)16(12(3)8-10)20-17(22)14-5-6-18-15(9-14)19-13(4)21/h5-9H,1-4H3,(H,20,22)(H,18,19,21). The second-order valence-electron chi connectivity index (χ2n) is 5.34. The molecule has 5 nitrogen and oxygen atoms in total. The number of carbonyl (C=O) groups is 2. The van der Waals surface area contributed by atoms with Crippen LogP contribution in [0.3, 0.4) is 0 Å². The molecule has 2 rings (SSSR count). The molecule has 1 heterocycles. The number of pyridine rings is 1. The minimum atomic E-state index is -0.232. The molecule has 0 radical (unpaired) electrons. The van der Waals surface area contributed by atoms with Gasteiger partial charge in [-0.15, -0.1) is 0 Å². The van der Waals surface area contributed by atoms with Gasteiger partial charge in [0.1, 0.15) is 5.82 Å². The number of hydrogen-bond donors (Lipinski definition) is 2. The molecule has 1 aromatic carbocycles. The van der Waals surface area contributed by atoms with Crippen molar-refractivity contribution in [2.45, 2.75) is 27.7 Å². The zero-order chi connectivity index (χ0) is 16.3. The first kappa shape index (κ1) is 15.7. The Labute approximate surface area is 129 Å². The summed E-state index contributed by atoms with van der Waals surface area (Å²) in [7, 11) is 0. The number of amides is 2. The highest BCUT2D eigenvalue weighted by Gasteiger charge is 2.11. The Kier molecular flexibility index (Phi) is 4.56. The molecule has 0 aliphatic carbocycles. The van der Waals surface area contributed by atoms with Gasteiger partial charge < -0.3 is 10.6 Å². The first-order valence-electron chi connectivity index (χ1n) is 6.99. The van der Waals surface area contributed by atoms with Crippen molar-refractivity contribution >= 4 is 23.3 Å². The van der Waals surface area contributed by atoms with Gasteiger partial charge in [0.2, 0.25) is 5.91 Å². The normalized spacial score (nSPS) is 10.2. The van der Waals surface area contributed by atoms with Crippen LogP contribution < -0.4 is 10.6 Å². The third-order valence-electron chi connectivity index (χ3n) is 3.24. The minimum absolute atomic E-state index is 0.227. The molecule has 0 unspecified atom stereocenters. The Morgan fingerprint density at radius 1 is 1.00 bits per heavy atom. The zero-order valence-electron chi connectivity index (χ0n) is 13.2. The minimum Gasteiger partial charge on any atom is -0.322 e. The number of hydrogen-bond acceptors (Lipinski definition) is 3. The van der Waals surface area contributed by atoms with Crippen molar-refractivity contribution in [1.29, 1.82) is 0 Å². The molecule has 114 valence electrons. The van der Waals surface area contributed by atoms with E-state index >= 15 is 0 Å². The molecule has 0 bridgehead atoms. The number of aromatic nitrogens is 1. The fourth-order valence-electron chi connectivity index (χ4n) is 2.38. The fourth-order valence-corrected chi connectivity index (χ4v) is 2.38. The van der Waals surface area contributed by atoms with Crippen LogP contribution in [-0.4, -0.2) is 16.8 Å². The number of benzene rings is 1. The number of nitrogens with one attached hydrogen (secondary N) is 2. The maximum Gasteiger partial charge on any atom is 0.255 e. The lowest BCUT2D eigenvalue weighted by atomic mass is 10.0. The molecule has 0 spiro atoms. The van der Waals surface area contributed by atoms with Crippen LogP contribution in [0.1, 0.15) is 34.0 Å². The molecule has 2 amide bonds. The summed E-state index contributed by atoms with van der Waals surface area (Å²) in [6.45, 7) is 7.34. The number of anilines is 2. The van der Waals surface area contributed by atoms with E-state index in [2.05, 4.69) is 15.6 Å². The van der Waals surface area contributed by atoms with Crippen LogP contribution in [-0.2, 0) is 4.79 Å². The topological polar surface area (TPSA) is 71.1 Å². The third-order valence-corrected chi connectivity index (χ3v) is 3.24. The summed E-state index contributed by atoms with van der Waals surface area (Å²) >= 11 is 0. The number of nitrogens with zero attached hydrogens (tertiary/aromatic N) is 1. The number of aryl methyl sites for hydroxylation is 3. The predicted molar refractivity (Wildman–Crippen MR) is 87.1 cm³/mol. The predicted octanol–water partition coefficient (Wildman–Crippen LogP) is 3.22. The Morgan fingerprint density at radius 3 is 2.23 bits per heavy atom. The van der Waals surface area contributed by atoms with Crippen molar-refractivity contribution in [2.24, 2.45) is 0 Å². The fraction of sp³-hybridized carbons (Fsp3) is 0.235. The SMILES string of the molecule is CC(=O)Nc1cc(C(=O)Nc2c(C)cc(C)cc2C)ccn1. The Balaban J connectivity index is 2.25. The summed E-state index contributed by atoms with van der Waals surface area (Å²) in [6, 6.07) is 7.21. The zero-order valence-corrected chi connectivity index (χ0v) is 13.2. The monoisotopic (exact) mass is 297 g/mol. The van der Waals surface area contributed by atoms with E-state index in [1.807, 2.05) is 32.9 Å². The van der Waals surface area contributed by atoms with E-state index in [1.54, 1.807) is 12.1 Å². The summed E-state index contributed by atoms with van der Waals surface area (Å²) in [5, 5.41) is 5.49. The lowest BCUT2D eigenvalue weighted by molar-refractivity contribution is -0.114. The van der Waals surface area contributed by atoms with Gasteiger partial charge in [0.25, 0.3) is 5.91 Å². The molecule has 0 saturated heterocycles. The number of carbonyl (C=O) groups excluding carboxylic acids is 2. The summed E-state index contributed by atoms with van der Waals surface area (Å²) in [5.74, 6) is -0.100. The van der Waals surface area contributed by atoms with Crippen molar-refractivity contribution in [3.8, 4) is 0 Å². The second kappa shape index (κ2) is 6.39. The molecule has 0 fully saturated rings. The molecular weight excluding hydrogens is 278 g/mol. The van der Waals surface area contributed by atoms with Gasteiger partial charge in [0.05, 0.1) is 0 Å². The maximum absolute atomic E-state index is 12.4. The van der Waals surface area contributed by atoms with Crippen LogP contribution in [0.2, 0.25) is 0 Å². The van der Waals surface area contributed by atoms with Crippen LogP contribution in [0.4, 0.5) is 11.5 Å². The van der Waals surface area contributed by atoms with Crippen LogP contribution in [0, 0.1) is 20.8 Å². The van der Waals surface area contributed by atoms with Gasteiger partial charge in [-0.1, -0.05) is 17.7 Å². The first-order chi connectivity index (χ1) is 10.4. The quantitative estimate of drug-likeness (QED) is 0.913. The highest BCUT2D eigenvalue weighted by molar-refractivity contribution is 6.05.